The fourth-order valence-electron chi connectivity index (χ4n) is 3.79. The van der Waals surface area contributed by atoms with E-state index >= 15 is 0 Å². The average molecular weight is 464 g/mol. The van der Waals surface area contributed by atoms with Gasteiger partial charge in [-0.2, -0.15) is 0 Å². The summed E-state index contributed by atoms with van der Waals surface area (Å²) in [7, 11) is 1.43. The molecule has 0 bridgehead atoms. The number of phenols is 2. The largest absolute Gasteiger partial charge is 0.508 e. The highest BCUT2D eigenvalue weighted by Crippen LogP contribution is 2.34. The molecule has 1 aliphatic heterocycles. The van der Waals surface area contributed by atoms with E-state index in [9.17, 15) is 35.4 Å². The lowest BCUT2D eigenvalue weighted by atomic mass is 9.95. The third kappa shape index (κ3) is 5.21. The number of ketones is 1. The number of aliphatic hydroxyl groups excluding tert-OH is 4. The number of aryl methyl sites for hydroxylation is 1. The van der Waals surface area contributed by atoms with E-state index in [-0.39, 0.29) is 29.2 Å². The first-order valence-electron chi connectivity index (χ1n) is 10.4. The zero-order valence-corrected chi connectivity index (χ0v) is 18.2. The molecule has 0 radical (unpaired) electrons. The topological polar surface area (TPSA) is 166 Å². The number of aliphatic hydroxyl groups is 4. The van der Waals surface area contributed by atoms with Crippen LogP contribution in [0.3, 0.4) is 0 Å². The SMILES string of the molecule is COc1cc(CCc2c(O)ccc(O[C@@H]3O[C@H](CO)[C@@H](O)[C@H](O)[C@H]3O)c2C(C)=O)ccc1O. The fraction of sp³-hybridized carbons (Fsp3) is 0.435. The zero-order valence-electron chi connectivity index (χ0n) is 18.2. The molecule has 2 aromatic rings. The highest BCUT2D eigenvalue weighted by Gasteiger charge is 2.45. The lowest BCUT2D eigenvalue weighted by Crippen LogP contribution is -2.60. The summed E-state index contributed by atoms with van der Waals surface area (Å²) in [5.74, 6) is -0.259. The monoisotopic (exact) mass is 464 g/mol. The number of Topliss-reactive ketones (excluding diaryl/α,β-unsaturated/α-hetero) is 1. The minimum Gasteiger partial charge on any atom is -0.508 e. The van der Waals surface area contributed by atoms with Gasteiger partial charge in [0.25, 0.3) is 0 Å². The van der Waals surface area contributed by atoms with Crippen molar-refractivity contribution in [3.05, 3.63) is 47.0 Å². The summed E-state index contributed by atoms with van der Waals surface area (Å²) in [5, 5.41) is 59.7. The summed E-state index contributed by atoms with van der Waals surface area (Å²) in [4.78, 5) is 12.5. The highest BCUT2D eigenvalue weighted by molar-refractivity contribution is 5.99. The molecule has 0 unspecified atom stereocenters. The second-order valence-electron chi connectivity index (χ2n) is 7.81. The van der Waals surface area contributed by atoms with Crippen molar-refractivity contribution in [3.8, 4) is 23.0 Å². The molecule has 10 heteroatoms. The molecule has 2 aromatic carbocycles. The average Bonchev–Trinajstić information content (AvgIpc) is 2.79. The van der Waals surface area contributed by atoms with Gasteiger partial charge in [-0.15, -0.1) is 0 Å². The van der Waals surface area contributed by atoms with Crippen LogP contribution in [0.1, 0.15) is 28.4 Å². The van der Waals surface area contributed by atoms with Crippen LogP contribution in [-0.2, 0) is 17.6 Å². The number of hydrogen-bond acceptors (Lipinski definition) is 10. The van der Waals surface area contributed by atoms with E-state index in [2.05, 4.69) is 0 Å². The van der Waals surface area contributed by atoms with Gasteiger partial charge in [0.1, 0.15) is 35.9 Å². The van der Waals surface area contributed by atoms with Crippen molar-refractivity contribution in [1.82, 2.24) is 0 Å². The molecular weight excluding hydrogens is 436 g/mol. The van der Waals surface area contributed by atoms with Gasteiger partial charge in [-0.3, -0.25) is 4.79 Å². The summed E-state index contributed by atoms with van der Waals surface area (Å²) in [6.45, 7) is 0.670. The van der Waals surface area contributed by atoms with E-state index in [4.69, 9.17) is 14.2 Å². The Labute approximate surface area is 190 Å². The number of hydrogen-bond donors (Lipinski definition) is 6. The van der Waals surface area contributed by atoms with E-state index in [1.807, 2.05) is 0 Å². The number of methoxy groups -OCH3 is 1. The number of carbonyl (C=O) groups excluding carboxylic acids is 1. The van der Waals surface area contributed by atoms with Crippen molar-refractivity contribution in [1.29, 1.82) is 0 Å². The van der Waals surface area contributed by atoms with E-state index in [1.165, 1.54) is 32.2 Å². The second-order valence-corrected chi connectivity index (χ2v) is 7.81. The standard InChI is InChI=1S/C23H28O10/c1-11(25)19-13(5-3-12-4-6-15(27)17(9-12)31-2)14(26)7-8-16(19)32-23-22(30)21(29)20(28)18(10-24)33-23/h4,6-9,18,20-24,26-30H,3,5,10H2,1-2H3/t18-,20-,21+,22-,23-/m1/s1. The molecule has 180 valence electrons. The summed E-state index contributed by atoms with van der Waals surface area (Å²) >= 11 is 0. The molecule has 0 aliphatic carbocycles. The maximum atomic E-state index is 12.5. The van der Waals surface area contributed by atoms with E-state index in [0.717, 1.165) is 5.56 Å². The molecule has 0 spiro atoms. The smallest absolute Gasteiger partial charge is 0.229 e. The van der Waals surface area contributed by atoms with Crippen LogP contribution in [0.4, 0.5) is 0 Å². The van der Waals surface area contributed by atoms with Gasteiger partial charge in [0.05, 0.1) is 19.3 Å². The van der Waals surface area contributed by atoms with Crippen LogP contribution < -0.4 is 9.47 Å². The Morgan fingerprint density at radius 3 is 2.30 bits per heavy atom. The predicted octanol–water partition coefficient (Wildman–Crippen LogP) is 0.273. The lowest BCUT2D eigenvalue weighted by molar-refractivity contribution is -0.277. The number of carbonyl (C=O) groups is 1. The molecule has 1 fully saturated rings. The molecule has 0 amide bonds. The molecule has 10 nitrogen and oxygen atoms in total. The van der Waals surface area contributed by atoms with E-state index in [1.54, 1.807) is 12.1 Å². The third-order valence-electron chi connectivity index (χ3n) is 5.60. The molecule has 1 heterocycles. The number of benzene rings is 2. The Hall–Kier alpha value is -2.89. The van der Waals surface area contributed by atoms with Crippen LogP contribution in [-0.4, -0.2) is 80.8 Å². The van der Waals surface area contributed by atoms with Gasteiger partial charge in [0.2, 0.25) is 6.29 Å². The van der Waals surface area contributed by atoms with E-state index in [0.29, 0.717) is 17.7 Å². The third-order valence-corrected chi connectivity index (χ3v) is 5.60. The van der Waals surface area contributed by atoms with Gasteiger partial charge in [-0.25, -0.2) is 0 Å². The molecular formula is C23H28O10. The minimum absolute atomic E-state index is 0.00270. The van der Waals surface area contributed by atoms with Crippen molar-refractivity contribution in [2.24, 2.45) is 0 Å². The van der Waals surface area contributed by atoms with Crippen LogP contribution in [0.2, 0.25) is 0 Å². The quantitative estimate of drug-likeness (QED) is 0.299. The van der Waals surface area contributed by atoms with Crippen LogP contribution >= 0.6 is 0 Å². The van der Waals surface area contributed by atoms with Crippen molar-refractivity contribution in [3.63, 3.8) is 0 Å². The predicted molar refractivity (Wildman–Crippen MR) is 115 cm³/mol. The second kappa shape index (κ2) is 10.4. The summed E-state index contributed by atoms with van der Waals surface area (Å²) < 4.78 is 16.1. The zero-order chi connectivity index (χ0) is 24.3. The maximum absolute atomic E-state index is 12.5. The Morgan fingerprint density at radius 1 is 0.970 bits per heavy atom. The Morgan fingerprint density at radius 2 is 1.67 bits per heavy atom. The Balaban J connectivity index is 1.88. The highest BCUT2D eigenvalue weighted by atomic mass is 16.7. The van der Waals surface area contributed by atoms with Crippen molar-refractivity contribution in [2.45, 2.75) is 50.5 Å². The van der Waals surface area contributed by atoms with Crippen molar-refractivity contribution >= 4 is 5.78 Å². The molecule has 33 heavy (non-hydrogen) atoms. The first-order chi connectivity index (χ1) is 15.7. The Bertz CT molecular complexity index is 989. The molecule has 6 N–H and O–H groups in total. The van der Waals surface area contributed by atoms with Crippen LogP contribution in [0.5, 0.6) is 23.0 Å². The number of phenolic OH excluding ortho intramolecular Hbond substituents is 2. The van der Waals surface area contributed by atoms with Gasteiger partial charge in [-0.05, 0) is 49.6 Å². The molecule has 0 aromatic heterocycles. The van der Waals surface area contributed by atoms with Gasteiger partial charge in [0, 0.05) is 5.56 Å². The number of aromatic hydroxyl groups is 2. The first-order valence-corrected chi connectivity index (χ1v) is 10.4. The minimum atomic E-state index is -1.65. The van der Waals surface area contributed by atoms with Gasteiger partial charge in [-0.1, -0.05) is 6.07 Å². The summed E-state index contributed by atoms with van der Waals surface area (Å²) in [5.41, 5.74) is 1.16. The summed E-state index contributed by atoms with van der Waals surface area (Å²) in [6, 6.07) is 7.49. The summed E-state index contributed by atoms with van der Waals surface area (Å²) in [6.07, 6.45) is -6.84. The van der Waals surface area contributed by atoms with Crippen LogP contribution in [0.15, 0.2) is 30.3 Å². The van der Waals surface area contributed by atoms with Crippen molar-refractivity contribution in [2.75, 3.05) is 13.7 Å². The number of rotatable bonds is 8. The molecule has 1 saturated heterocycles. The van der Waals surface area contributed by atoms with Gasteiger partial charge >= 0.3 is 0 Å². The van der Waals surface area contributed by atoms with Gasteiger partial charge in [0.15, 0.2) is 17.3 Å². The van der Waals surface area contributed by atoms with Crippen LogP contribution in [0, 0.1) is 0 Å². The molecule has 5 atom stereocenters. The molecule has 1 aliphatic rings. The normalized spacial score (nSPS) is 25.0. The maximum Gasteiger partial charge on any atom is 0.229 e. The van der Waals surface area contributed by atoms with Gasteiger partial charge < -0.3 is 44.8 Å². The van der Waals surface area contributed by atoms with E-state index < -0.39 is 43.1 Å². The Kier molecular flexibility index (Phi) is 7.77. The lowest BCUT2D eigenvalue weighted by Gasteiger charge is -2.39. The van der Waals surface area contributed by atoms with Crippen LogP contribution in [0.25, 0.3) is 0 Å². The first kappa shape index (κ1) is 24.7. The molecule has 3 rings (SSSR count). The number of ether oxygens (including phenoxy) is 3. The fourth-order valence-corrected chi connectivity index (χ4v) is 3.79. The molecule has 0 saturated carbocycles. The van der Waals surface area contributed by atoms with Crippen molar-refractivity contribution < 1.29 is 49.6 Å².